The molecule has 8 nitrogen and oxygen atoms in total. The molecule has 290 valence electrons. The third-order valence-corrected chi connectivity index (χ3v) is 9.87. The summed E-state index contributed by atoms with van der Waals surface area (Å²) < 4.78 is 23.1. The lowest BCUT2D eigenvalue weighted by atomic mass is 10.1. The monoisotopic (exact) mass is 715 g/mol. The van der Waals surface area contributed by atoms with Gasteiger partial charge in [0.05, 0.1) is 39.9 Å². The molecule has 0 spiro atoms. The summed E-state index contributed by atoms with van der Waals surface area (Å²) in [7, 11) is 1.25. The molecule has 1 unspecified atom stereocenters. The molecule has 0 heterocycles. The van der Waals surface area contributed by atoms with E-state index in [-0.39, 0.29) is 19.1 Å². The van der Waals surface area contributed by atoms with Crippen molar-refractivity contribution in [2.75, 3.05) is 40.9 Å². The number of hydrogen-bond donors (Lipinski definition) is 2. The van der Waals surface area contributed by atoms with E-state index in [4.69, 9.17) is 9.05 Å². The zero-order valence-corrected chi connectivity index (χ0v) is 33.5. The van der Waals surface area contributed by atoms with Gasteiger partial charge in [-0.3, -0.25) is 9.36 Å². The van der Waals surface area contributed by atoms with Gasteiger partial charge in [-0.1, -0.05) is 147 Å². The van der Waals surface area contributed by atoms with Crippen molar-refractivity contribution in [2.45, 2.75) is 187 Å². The first kappa shape index (κ1) is 48.0. The van der Waals surface area contributed by atoms with Gasteiger partial charge in [-0.05, 0) is 44.9 Å². The van der Waals surface area contributed by atoms with Crippen molar-refractivity contribution in [1.29, 1.82) is 0 Å². The third-order valence-electron chi connectivity index (χ3n) is 8.91. The van der Waals surface area contributed by atoms with Gasteiger partial charge in [0, 0.05) is 6.42 Å². The normalized spacial score (nSPS) is 14.8. The van der Waals surface area contributed by atoms with Crippen LogP contribution in [0.1, 0.15) is 174 Å². The molecule has 0 aromatic rings. The average Bonchev–Trinajstić information content (AvgIpc) is 3.04. The molecule has 0 bridgehead atoms. The number of nitrogens with one attached hydrogen (secondary N) is 1. The van der Waals surface area contributed by atoms with E-state index in [1.54, 1.807) is 6.08 Å². The maximum Gasteiger partial charge on any atom is 0.268 e. The van der Waals surface area contributed by atoms with E-state index in [2.05, 4.69) is 31.3 Å². The van der Waals surface area contributed by atoms with Crippen LogP contribution in [-0.2, 0) is 18.4 Å². The number of carbonyl (C=O) groups is 1. The van der Waals surface area contributed by atoms with E-state index in [1.807, 2.05) is 27.2 Å². The topological polar surface area (TPSA) is 108 Å². The summed E-state index contributed by atoms with van der Waals surface area (Å²) in [6.45, 7) is 4.61. The second kappa shape index (κ2) is 32.9. The number of phosphoric ester groups is 1. The first-order valence-corrected chi connectivity index (χ1v) is 21.7. The van der Waals surface area contributed by atoms with Gasteiger partial charge in [0.15, 0.2) is 0 Å². The van der Waals surface area contributed by atoms with Crippen LogP contribution < -0.4 is 10.2 Å². The molecule has 49 heavy (non-hydrogen) atoms. The lowest BCUT2D eigenvalue weighted by molar-refractivity contribution is -0.870. The molecular formula is C40H79N2O6P. The number of hydrogen-bond acceptors (Lipinski definition) is 6. The Bertz CT molecular complexity index is 860. The van der Waals surface area contributed by atoms with Crippen molar-refractivity contribution in [1.82, 2.24) is 5.32 Å². The highest BCUT2D eigenvalue weighted by molar-refractivity contribution is 7.45. The van der Waals surface area contributed by atoms with Gasteiger partial charge in [-0.25, -0.2) is 0 Å². The highest BCUT2D eigenvalue weighted by atomic mass is 31.2. The van der Waals surface area contributed by atoms with Crippen LogP contribution in [0.25, 0.3) is 0 Å². The molecule has 0 aliphatic rings. The third kappa shape index (κ3) is 35.2. The number of aliphatic hydroxyl groups is 1. The van der Waals surface area contributed by atoms with E-state index in [0.29, 0.717) is 17.4 Å². The van der Waals surface area contributed by atoms with Crippen LogP contribution in [0, 0.1) is 0 Å². The van der Waals surface area contributed by atoms with Gasteiger partial charge >= 0.3 is 0 Å². The van der Waals surface area contributed by atoms with Gasteiger partial charge < -0.3 is 28.8 Å². The Kier molecular flexibility index (Phi) is 32.2. The lowest BCUT2D eigenvalue weighted by Crippen LogP contribution is -2.45. The fourth-order valence-corrected chi connectivity index (χ4v) is 6.34. The Balaban J connectivity index is 4.51. The largest absolute Gasteiger partial charge is 0.756 e. The first-order valence-electron chi connectivity index (χ1n) is 20.2. The minimum Gasteiger partial charge on any atom is -0.756 e. The molecule has 0 aliphatic heterocycles. The molecule has 2 N–H and O–H groups in total. The standard InChI is InChI=1S/C40H79N2O6P/c1-6-8-10-12-14-16-18-20-21-22-24-26-28-30-32-34-40(44)41-38(37-48-49(45,46)47-36-35-42(3,4)5)39(43)33-31-29-27-25-23-19-17-15-13-11-9-7-2/h20-21,31,33,38-39,43H,6-19,22-30,32,34-37H2,1-5H3,(H-,41,44,45,46)/b21-20+,33-31+/t38-,39+/m0/s1. The van der Waals surface area contributed by atoms with Gasteiger partial charge in [0.25, 0.3) is 7.82 Å². The molecule has 0 fully saturated rings. The van der Waals surface area contributed by atoms with Crippen LogP contribution in [-0.4, -0.2) is 68.5 Å². The van der Waals surface area contributed by atoms with E-state index in [9.17, 15) is 19.4 Å². The number of allylic oxidation sites excluding steroid dienone is 3. The molecule has 0 aromatic carbocycles. The Hall–Kier alpha value is -1.02. The van der Waals surface area contributed by atoms with Gasteiger partial charge in [-0.15, -0.1) is 0 Å². The summed E-state index contributed by atoms with van der Waals surface area (Å²) >= 11 is 0. The number of likely N-dealkylation sites (N-methyl/N-ethyl adjacent to an activating group) is 1. The zero-order chi connectivity index (χ0) is 36.5. The van der Waals surface area contributed by atoms with Crippen LogP contribution in [0.4, 0.5) is 0 Å². The number of phosphoric acid groups is 1. The van der Waals surface area contributed by atoms with E-state index in [0.717, 1.165) is 51.4 Å². The van der Waals surface area contributed by atoms with Crippen molar-refractivity contribution in [3.05, 3.63) is 24.3 Å². The quantitative estimate of drug-likeness (QED) is 0.0290. The lowest BCUT2D eigenvalue weighted by Gasteiger charge is -2.29. The number of carbonyl (C=O) groups excluding carboxylic acids is 1. The minimum atomic E-state index is -4.58. The summed E-state index contributed by atoms with van der Waals surface area (Å²) in [4.78, 5) is 25.2. The molecule has 0 saturated heterocycles. The van der Waals surface area contributed by atoms with Crippen molar-refractivity contribution < 1.29 is 32.9 Å². The molecule has 0 rings (SSSR count). The van der Waals surface area contributed by atoms with Crippen LogP contribution in [0.5, 0.6) is 0 Å². The van der Waals surface area contributed by atoms with Crippen molar-refractivity contribution in [3.8, 4) is 0 Å². The maximum absolute atomic E-state index is 12.8. The van der Waals surface area contributed by atoms with E-state index >= 15 is 0 Å². The summed E-state index contributed by atoms with van der Waals surface area (Å²) in [6, 6.07) is -0.885. The summed E-state index contributed by atoms with van der Waals surface area (Å²) in [5, 5.41) is 13.7. The number of quaternary nitrogens is 1. The van der Waals surface area contributed by atoms with Crippen LogP contribution >= 0.6 is 7.82 Å². The SMILES string of the molecule is CCCCCCCC/C=C/CCCCCCCC(=O)N[C@@H](COP(=O)([O-])OCC[N+](C)(C)C)[C@H](O)/C=C/CCCCCCCCCCCC. The first-order chi connectivity index (χ1) is 23.5. The van der Waals surface area contributed by atoms with Crippen LogP contribution in [0.15, 0.2) is 24.3 Å². The van der Waals surface area contributed by atoms with Gasteiger partial charge in [0.2, 0.25) is 5.91 Å². The minimum absolute atomic E-state index is 0.00189. The van der Waals surface area contributed by atoms with Crippen molar-refractivity contribution >= 4 is 13.7 Å². The van der Waals surface area contributed by atoms with Crippen LogP contribution in [0.3, 0.4) is 0 Å². The number of nitrogens with zero attached hydrogens (tertiary/aromatic N) is 1. The van der Waals surface area contributed by atoms with Gasteiger partial charge in [0.1, 0.15) is 13.2 Å². The predicted molar refractivity (Wildman–Crippen MR) is 205 cm³/mol. The molecule has 0 saturated carbocycles. The smallest absolute Gasteiger partial charge is 0.268 e. The molecule has 3 atom stereocenters. The molecule has 9 heteroatoms. The Morgan fingerprint density at radius 3 is 1.59 bits per heavy atom. The van der Waals surface area contributed by atoms with Crippen molar-refractivity contribution in [2.24, 2.45) is 0 Å². The molecule has 0 aliphatic carbocycles. The summed E-state index contributed by atoms with van der Waals surface area (Å²) in [5.74, 6) is -0.208. The molecule has 0 radical (unpaired) electrons. The number of unbranched alkanes of at least 4 members (excludes halogenated alkanes) is 21. The summed E-state index contributed by atoms with van der Waals surface area (Å²) in [5.41, 5.74) is 0. The number of rotatable bonds is 36. The Labute approximate surface area is 303 Å². The fourth-order valence-electron chi connectivity index (χ4n) is 5.62. The van der Waals surface area contributed by atoms with Gasteiger partial charge in [-0.2, -0.15) is 0 Å². The Morgan fingerprint density at radius 1 is 0.694 bits per heavy atom. The number of amides is 1. The summed E-state index contributed by atoms with van der Waals surface area (Å²) in [6.07, 6.45) is 36.4. The maximum atomic E-state index is 12.8. The number of aliphatic hydroxyl groups excluding tert-OH is 1. The van der Waals surface area contributed by atoms with Crippen LogP contribution in [0.2, 0.25) is 0 Å². The fraction of sp³-hybridized carbons (Fsp3) is 0.875. The highest BCUT2D eigenvalue weighted by Gasteiger charge is 2.23. The highest BCUT2D eigenvalue weighted by Crippen LogP contribution is 2.38. The second-order valence-corrected chi connectivity index (χ2v) is 16.4. The average molecular weight is 715 g/mol. The Morgan fingerprint density at radius 2 is 1.12 bits per heavy atom. The molecule has 0 aromatic heterocycles. The zero-order valence-electron chi connectivity index (χ0n) is 32.6. The van der Waals surface area contributed by atoms with E-state index < -0.39 is 20.0 Å². The molecule has 1 amide bonds. The van der Waals surface area contributed by atoms with E-state index in [1.165, 1.54) is 103 Å². The predicted octanol–water partition coefficient (Wildman–Crippen LogP) is 9.94. The second-order valence-electron chi connectivity index (χ2n) is 15.0. The molecular weight excluding hydrogens is 635 g/mol. The van der Waals surface area contributed by atoms with Crippen molar-refractivity contribution in [3.63, 3.8) is 0 Å².